The lowest BCUT2D eigenvalue weighted by Crippen LogP contribution is -2.40. The van der Waals surface area contributed by atoms with Gasteiger partial charge in [-0.2, -0.15) is 0 Å². The first-order chi connectivity index (χ1) is 8.93. The molecule has 0 saturated heterocycles. The van der Waals surface area contributed by atoms with Crippen LogP contribution in [0.2, 0.25) is 10.0 Å². The number of ether oxygens (including phenoxy) is 1. The summed E-state index contributed by atoms with van der Waals surface area (Å²) < 4.78 is 5.56. The molecule has 0 radical (unpaired) electrons. The Bertz CT molecular complexity index is 423. The van der Waals surface area contributed by atoms with Crippen molar-refractivity contribution < 1.29 is 9.53 Å². The fourth-order valence-corrected chi connectivity index (χ4v) is 2.06. The first-order valence-electron chi connectivity index (χ1n) is 5.96. The van der Waals surface area contributed by atoms with E-state index in [2.05, 4.69) is 5.32 Å². The molecule has 1 unspecified atom stereocenters. The molecule has 4 nitrogen and oxygen atoms in total. The molecule has 0 saturated carbocycles. The molecular weight excluding hydrogens is 323 g/mol. The van der Waals surface area contributed by atoms with Crippen molar-refractivity contribution in [3.8, 4) is 5.75 Å². The fraction of sp³-hybridized carbons (Fsp3) is 0.462. The smallest absolute Gasteiger partial charge is 0.263 e. The van der Waals surface area contributed by atoms with Crippen LogP contribution in [0.4, 0.5) is 0 Å². The molecular formula is C13H19Cl3N2O2. The number of benzene rings is 1. The minimum absolute atomic E-state index is 0. The Hall–Kier alpha value is -0.680. The van der Waals surface area contributed by atoms with Crippen LogP contribution in [0, 0.1) is 0 Å². The van der Waals surface area contributed by atoms with Gasteiger partial charge in [-0.3, -0.25) is 4.79 Å². The molecule has 1 aromatic rings. The number of nitrogens with one attached hydrogen (secondary N) is 1. The van der Waals surface area contributed by atoms with Crippen molar-refractivity contribution in [3.05, 3.63) is 28.2 Å². The number of carbonyl (C=O) groups is 1. The predicted molar refractivity (Wildman–Crippen MR) is 85.4 cm³/mol. The summed E-state index contributed by atoms with van der Waals surface area (Å²) in [6, 6.07) is 4.87. The molecule has 7 heteroatoms. The van der Waals surface area contributed by atoms with Gasteiger partial charge < -0.3 is 15.0 Å². The topological polar surface area (TPSA) is 41.6 Å². The molecule has 1 N–H and O–H groups in total. The number of likely N-dealkylation sites (N-methyl/N-ethyl adjacent to an activating group) is 2. The molecule has 0 aliphatic carbocycles. The number of rotatable bonds is 6. The molecule has 20 heavy (non-hydrogen) atoms. The molecule has 0 spiro atoms. The quantitative estimate of drug-likeness (QED) is 0.865. The minimum atomic E-state index is -0.587. The van der Waals surface area contributed by atoms with Crippen LogP contribution in [0.25, 0.3) is 0 Å². The third-order valence-electron chi connectivity index (χ3n) is 2.57. The predicted octanol–water partition coefficient (Wildman–Crippen LogP) is 2.86. The van der Waals surface area contributed by atoms with E-state index >= 15 is 0 Å². The van der Waals surface area contributed by atoms with Gasteiger partial charge in [0.15, 0.2) is 6.10 Å². The second kappa shape index (κ2) is 9.29. The van der Waals surface area contributed by atoms with Gasteiger partial charge in [0.25, 0.3) is 5.91 Å². The summed E-state index contributed by atoms with van der Waals surface area (Å²) >= 11 is 11.8. The highest BCUT2D eigenvalue weighted by Crippen LogP contribution is 2.25. The molecule has 0 heterocycles. The summed E-state index contributed by atoms with van der Waals surface area (Å²) in [7, 11) is 3.58. The van der Waals surface area contributed by atoms with Crippen LogP contribution in [0.5, 0.6) is 5.75 Å². The lowest BCUT2D eigenvalue weighted by atomic mass is 10.3. The highest BCUT2D eigenvalue weighted by molar-refractivity contribution is 6.34. The maximum Gasteiger partial charge on any atom is 0.263 e. The number of nitrogens with zero attached hydrogens (tertiary/aromatic N) is 1. The zero-order valence-corrected chi connectivity index (χ0v) is 14.0. The molecule has 1 atom stereocenters. The third-order valence-corrected chi connectivity index (χ3v) is 3.01. The van der Waals surface area contributed by atoms with E-state index in [0.717, 1.165) is 6.54 Å². The number of hydrogen-bond donors (Lipinski definition) is 1. The number of halogens is 3. The van der Waals surface area contributed by atoms with Gasteiger partial charge in [-0.1, -0.05) is 23.2 Å². The summed E-state index contributed by atoms with van der Waals surface area (Å²) in [6.45, 7) is 3.06. The summed E-state index contributed by atoms with van der Waals surface area (Å²) in [4.78, 5) is 13.6. The van der Waals surface area contributed by atoms with Crippen molar-refractivity contribution in [1.82, 2.24) is 10.2 Å². The van der Waals surface area contributed by atoms with Gasteiger partial charge in [0.1, 0.15) is 5.75 Å². The van der Waals surface area contributed by atoms with E-state index in [0.29, 0.717) is 22.3 Å². The van der Waals surface area contributed by atoms with Crippen molar-refractivity contribution in [2.75, 3.05) is 27.2 Å². The zero-order chi connectivity index (χ0) is 14.4. The Morgan fingerprint density at radius 2 is 1.90 bits per heavy atom. The summed E-state index contributed by atoms with van der Waals surface area (Å²) in [5, 5.41) is 3.94. The maximum absolute atomic E-state index is 12.0. The van der Waals surface area contributed by atoms with Crippen molar-refractivity contribution in [1.29, 1.82) is 0 Å². The Labute approximate surface area is 135 Å². The van der Waals surface area contributed by atoms with Crippen molar-refractivity contribution in [2.45, 2.75) is 13.0 Å². The first-order valence-corrected chi connectivity index (χ1v) is 6.72. The monoisotopic (exact) mass is 340 g/mol. The maximum atomic E-state index is 12.0. The average molecular weight is 342 g/mol. The Balaban J connectivity index is 0.00000361. The summed E-state index contributed by atoms with van der Waals surface area (Å²) in [5.74, 6) is 0.395. The molecule has 1 rings (SSSR count). The van der Waals surface area contributed by atoms with Crippen molar-refractivity contribution in [3.63, 3.8) is 0 Å². The van der Waals surface area contributed by atoms with Crippen LogP contribution in [0.3, 0.4) is 0 Å². The van der Waals surface area contributed by atoms with Crippen LogP contribution in [-0.4, -0.2) is 44.1 Å². The molecule has 1 amide bonds. The van der Waals surface area contributed by atoms with Gasteiger partial charge >= 0.3 is 0 Å². The molecule has 0 aliphatic rings. The number of carbonyl (C=O) groups excluding carboxylic acids is 1. The van der Waals surface area contributed by atoms with Crippen molar-refractivity contribution in [2.24, 2.45) is 0 Å². The molecule has 0 aliphatic heterocycles. The molecule has 0 fully saturated rings. The van der Waals surface area contributed by atoms with Crippen LogP contribution < -0.4 is 10.1 Å². The standard InChI is InChI=1S/C13H18Cl2N2O2.ClH/c1-9(13(18)17(3)5-4-16-2)19-12-7-10(14)6-11(15)8-12;/h6-9,16H,4-5H2,1-3H3;1H. The van der Waals surface area contributed by atoms with E-state index in [9.17, 15) is 4.79 Å². The SMILES string of the molecule is CNCCN(C)C(=O)C(C)Oc1cc(Cl)cc(Cl)c1.Cl. The molecule has 114 valence electrons. The van der Waals surface area contributed by atoms with Crippen molar-refractivity contribution >= 4 is 41.5 Å². The van der Waals surface area contributed by atoms with E-state index in [1.54, 1.807) is 37.1 Å². The lowest BCUT2D eigenvalue weighted by molar-refractivity contribution is -0.136. The second-order valence-electron chi connectivity index (χ2n) is 4.23. The lowest BCUT2D eigenvalue weighted by Gasteiger charge is -2.22. The number of hydrogen-bond acceptors (Lipinski definition) is 3. The van der Waals surface area contributed by atoms with Gasteiger partial charge in [0, 0.05) is 30.2 Å². The highest BCUT2D eigenvalue weighted by atomic mass is 35.5. The van der Waals surface area contributed by atoms with Gasteiger partial charge in [0.05, 0.1) is 0 Å². The third kappa shape index (κ3) is 6.18. The normalized spacial score (nSPS) is 11.4. The van der Waals surface area contributed by atoms with Crippen LogP contribution in [0.1, 0.15) is 6.92 Å². The van der Waals surface area contributed by atoms with E-state index < -0.39 is 6.10 Å². The Kier molecular flexibility index (Phi) is 8.98. The fourth-order valence-electron chi connectivity index (χ4n) is 1.55. The summed E-state index contributed by atoms with van der Waals surface area (Å²) in [6.07, 6.45) is -0.587. The molecule has 0 bridgehead atoms. The van der Waals surface area contributed by atoms with Crippen LogP contribution in [-0.2, 0) is 4.79 Å². The Morgan fingerprint density at radius 3 is 2.40 bits per heavy atom. The van der Waals surface area contributed by atoms with E-state index in [-0.39, 0.29) is 18.3 Å². The van der Waals surface area contributed by atoms with Gasteiger partial charge in [-0.15, -0.1) is 12.4 Å². The van der Waals surface area contributed by atoms with Gasteiger partial charge in [-0.25, -0.2) is 0 Å². The van der Waals surface area contributed by atoms with E-state index in [1.807, 2.05) is 7.05 Å². The Morgan fingerprint density at radius 1 is 1.35 bits per heavy atom. The molecule has 0 aromatic heterocycles. The number of amides is 1. The molecule has 1 aromatic carbocycles. The first kappa shape index (κ1) is 19.3. The largest absolute Gasteiger partial charge is 0.481 e. The van der Waals surface area contributed by atoms with Crippen LogP contribution >= 0.6 is 35.6 Å². The van der Waals surface area contributed by atoms with Gasteiger partial charge in [-0.05, 0) is 32.2 Å². The van der Waals surface area contributed by atoms with Gasteiger partial charge in [0.2, 0.25) is 0 Å². The van der Waals surface area contributed by atoms with E-state index in [4.69, 9.17) is 27.9 Å². The highest BCUT2D eigenvalue weighted by Gasteiger charge is 2.19. The van der Waals surface area contributed by atoms with E-state index in [1.165, 1.54) is 0 Å². The van der Waals surface area contributed by atoms with Crippen LogP contribution in [0.15, 0.2) is 18.2 Å². The minimum Gasteiger partial charge on any atom is -0.481 e. The second-order valence-corrected chi connectivity index (χ2v) is 5.10. The zero-order valence-electron chi connectivity index (χ0n) is 11.7. The summed E-state index contributed by atoms with van der Waals surface area (Å²) in [5.41, 5.74) is 0. The average Bonchev–Trinajstić information content (AvgIpc) is 2.33.